The largest absolute Gasteiger partial charge is 0.449 e. The highest BCUT2D eigenvalue weighted by Gasteiger charge is 2.36. The molecule has 0 fully saturated rings. The van der Waals surface area contributed by atoms with E-state index in [1.165, 1.54) is 4.90 Å². The lowest BCUT2D eigenvalue weighted by atomic mass is 10.1. The molecule has 0 aliphatic carbocycles. The smallest absolute Gasteiger partial charge is 0.303 e. The molecule has 1 N–H and O–H groups in total. The van der Waals surface area contributed by atoms with E-state index >= 15 is 0 Å². The first-order chi connectivity index (χ1) is 11.7. The first-order valence-corrected chi connectivity index (χ1v) is 7.21. The topological polar surface area (TPSA) is 49.0 Å². The van der Waals surface area contributed by atoms with Gasteiger partial charge >= 0.3 is 6.18 Å². The van der Waals surface area contributed by atoms with Crippen molar-refractivity contribution in [2.75, 3.05) is 6.54 Å². The molecule has 0 radical (unpaired) electrons. The molecule has 3 rings (SSSR count). The van der Waals surface area contributed by atoms with Crippen molar-refractivity contribution in [3.8, 4) is 0 Å². The predicted molar refractivity (Wildman–Crippen MR) is 74.0 cm³/mol. The molecule has 1 aromatic heterocycles. The van der Waals surface area contributed by atoms with Gasteiger partial charge in [0, 0.05) is 31.6 Å². The van der Waals surface area contributed by atoms with Gasteiger partial charge in [0.2, 0.25) is 5.82 Å². The summed E-state index contributed by atoms with van der Waals surface area (Å²) in [5, 5.41) is 0. The molecule has 0 atom stereocenters. The maximum absolute atomic E-state index is 13.7. The Morgan fingerprint density at radius 3 is 2.52 bits per heavy atom. The van der Waals surface area contributed by atoms with Gasteiger partial charge in [0.25, 0.3) is 5.56 Å². The van der Waals surface area contributed by atoms with Gasteiger partial charge in [0.05, 0.1) is 11.3 Å². The highest BCUT2D eigenvalue weighted by molar-refractivity contribution is 5.24. The van der Waals surface area contributed by atoms with Gasteiger partial charge in [-0.1, -0.05) is 0 Å². The number of nitrogens with zero attached hydrogens (tertiary/aromatic N) is 2. The zero-order valence-corrected chi connectivity index (χ0v) is 12.6. The van der Waals surface area contributed by atoms with Crippen molar-refractivity contribution >= 4 is 0 Å². The number of rotatable bonds is 2. The van der Waals surface area contributed by atoms with Crippen LogP contribution in [-0.2, 0) is 25.7 Å². The van der Waals surface area contributed by atoms with Crippen molar-refractivity contribution in [1.29, 1.82) is 0 Å². The highest BCUT2D eigenvalue weighted by Crippen LogP contribution is 2.27. The number of nitrogens with one attached hydrogen (secondary N) is 1. The molecule has 10 heteroatoms. The van der Waals surface area contributed by atoms with Gasteiger partial charge in [-0.05, 0) is 12.1 Å². The van der Waals surface area contributed by atoms with Crippen LogP contribution in [0.25, 0.3) is 0 Å². The summed E-state index contributed by atoms with van der Waals surface area (Å²) in [6.07, 6.45) is -4.78. The molecule has 0 bridgehead atoms. The summed E-state index contributed by atoms with van der Waals surface area (Å²) in [5.74, 6) is -4.86. The zero-order chi connectivity index (χ0) is 18.4. The number of halogens is 6. The van der Waals surface area contributed by atoms with Crippen LogP contribution in [0.3, 0.4) is 0 Å². The Morgan fingerprint density at radius 1 is 1.16 bits per heavy atom. The van der Waals surface area contributed by atoms with Gasteiger partial charge in [-0.2, -0.15) is 13.2 Å². The fraction of sp³-hybridized carbons (Fsp3) is 0.333. The Labute approximate surface area is 137 Å². The monoisotopic (exact) mass is 363 g/mol. The molecule has 4 nitrogen and oxygen atoms in total. The minimum absolute atomic E-state index is 0.000880. The second kappa shape index (κ2) is 6.17. The molecule has 0 spiro atoms. The molecule has 0 saturated heterocycles. The van der Waals surface area contributed by atoms with Crippen molar-refractivity contribution in [1.82, 2.24) is 14.9 Å². The first kappa shape index (κ1) is 17.5. The van der Waals surface area contributed by atoms with Crippen LogP contribution in [-0.4, -0.2) is 21.4 Å². The minimum atomic E-state index is -4.78. The number of benzene rings is 1. The molecular weight excluding hydrogens is 352 g/mol. The predicted octanol–water partition coefficient (Wildman–Crippen LogP) is 2.76. The summed E-state index contributed by atoms with van der Waals surface area (Å²) < 4.78 is 78.7. The lowest BCUT2D eigenvalue weighted by Gasteiger charge is -2.28. The van der Waals surface area contributed by atoms with Gasteiger partial charge in [-0.3, -0.25) is 9.69 Å². The van der Waals surface area contributed by atoms with E-state index in [1.54, 1.807) is 4.98 Å². The second-order valence-corrected chi connectivity index (χ2v) is 5.62. The normalized spacial score (nSPS) is 15.3. The molecule has 1 aliphatic rings. The van der Waals surface area contributed by atoms with Crippen LogP contribution in [0.5, 0.6) is 0 Å². The number of hydrogen-bond acceptors (Lipinski definition) is 3. The van der Waals surface area contributed by atoms with Crippen LogP contribution >= 0.6 is 0 Å². The highest BCUT2D eigenvalue weighted by atomic mass is 19.4. The number of H-pyrrole nitrogens is 1. The van der Waals surface area contributed by atoms with Gasteiger partial charge < -0.3 is 4.98 Å². The van der Waals surface area contributed by atoms with Crippen LogP contribution < -0.4 is 5.56 Å². The van der Waals surface area contributed by atoms with Crippen LogP contribution in [0.15, 0.2) is 16.9 Å². The molecule has 0 amide bonds. The summed E-state index contributed by atoms with van der Waals surface area (Å²) in [6.45, 7) is -0.351. The second-order valence-electron chi connectivity index (χ2n) is 5.62. The number of aromatic amines is 1. The van der Waals surface area contributed by atoms with E-state index in [-0.39, 0.29) is 37.3 Å². The number of hydrogen-bond donors (Lipinski definition) is 1. The third-order valence-electron chi connectivity index (χ3n) is 3.94. The van der Waals surface area contributed by atoms with E-state index in [0.717, 1.165) is 6.07 Å². The molecule has 25 heavy (non-hydrogen) atoms. The summed E-state index contributed by atoms with van der Waals surface area (Å²) in [4.78, 5) is 18.4. The molecular formula is C15H11F6N3O. The zero-order valence-electron chi connectivity index (χ0n) is 12.6. The van der Waals surface area contributed by atoms with E-state index in [0.29, 0.717) is 6.07 Å². The molecule has 2 aromatic rings. The van der Waals surface area contributed by atoms with Gasteiger partial charge in [-0.25, -0.2) is 18.2 Å². The standard InChI is InChI=1S/C15H11F6N3O/c16-9-1-2-10(17)12(18)7(9)5-24-4-3-11-8(6-24)13(25)23-14(22-11)15(19,20)21/h1-2H,3-6H2,(H,22,23,25). The average Bonchev–Trinajstić information content (AvgIpc) is 2.54. The number of fused-ring (bicyclic) bond motifs is 1. The Balaban J connectivity index is 1.88. The Kier molecular flexibility index (Phi) is 4.31. The van der Waals surface area contributed by atoms with E-state index in [9.17, 15) is 31.1 Å². The lowest BCUT2D eigenvalue weighted by molar-refractivity contribution is -0.145. The van der Waals surface area contributed by atoms with Crippen LogP contribution in [0.2, 0.25) is 0 Å². The fourth-order valence-corrected chi connectivity index (χ4v) is 2.69. The Morgan fingerprint density at radius 2 is 1.84 bits per heavy atom. The van der Waals surface area contributed by atoms with Crippen molar-refractivity contribution in [3.63, 3.8) is 0 Å². The third kappa shape index (κ3) is 3.39. The minimum Gasteiger partial charge on any atom is -0.303 e. The first-order valence-electron chi connectivity index (χ1n) is 7.21. The quantitative estimate of drug-likeness (QED) is 0.659. The molecule has 1 aliphatic heterocycles. The molecule has 2 heterocycles. The SMILES string of the molecule is O=c1[nH]c(C(F)(F)F)nc2c1CN(Cc1c(F)ccc(F)c1F)CC2. The number of aromatic nitrogens is 2. The maximum Gasteiger partial charge on any atom is 0.449 e. The molecule has 0 unspecified atom stereocenters. The van der Waals surface area contributed by atoms with Crippen molar-refractivity contribution in [2.45, 2.75) is 25.7 Å². The van der Waals surface area contributed by atoms with E-state index in [4.69, 9.17) is 0 Å². The van der Waals surface area contributed by atoms with Crippen LogP contribution in [0.4, 0.5) is 26.3 Å². The summed E-state index contributed by atoms with van der Waals surface area (Å²) in [6, 6.07) is 1.45. The Hall–Kier alpha value is -2.36. The van der Waals surface area contributed by atoms with Gasteiger partial charge in [0.1, 0.15) is 5.82 Å². The van der Waals surface area contributed by atoms with Crippen LogP contribution in [0.1, 0.15) is 22.6 Å². The Bertz CT molecular complexity index is 877. The van der Waals surface area contributed by atoms with Gasteiger partial charge in [0.15, 0.2) is 11.6 Å². The summed E-state index contributed by atoms with van der Waals surface area (Å²) in [7, 11) is 0. The van der Waals surface area contributed by atoms with Crippen molar-refractivity contribution in [3.05, 3.63) is 62.6 Å². The van der Waals surface area contributed by atoms with E-state index < -0.39 is 40.6 Å². The van der Waals surface area contributed by atoms with Crippen molar-refractivity contribution in [2.24, 2.45) is 0 Å². The number of alkyl halides is 3. The summed E-state index contributed by atoms with van der Waals surface area (Å²) in [5.41, 5.74) is -1.47. The lowest BCUT2D eigenvalue weighted by Crippen LogP contribution is -2.37. The molecule has 134 valence electrons. The third-order valence-corrected chi connectivity index (χ3v) is 3.94. The molecule has 1 aromatic carbocycles. The summed E-state index contributed by atoms with van der Waals surface area (Å²) >= 11 is 0. The van der Waals surface area contributed by atoms with Crippen LogP contribution in [0, 0.1) is 17.5 Å². The van der Waals surface area contributed by atoms with E-state index in [1.807, 2.05) is 0 Å². The van der Waals surface area contributed by atoms with E-state index in [2.05, 4.69) is 4.98 Å². The maximum atomic E-state index is 13.7. The van der Waals surface area contributed by atoms with Crippen molar-refractivity contribution < 1.29 is 26.3 Å². The fourth-order valence-electron chi connectivity index (χ4n) is 2.69. The molecule has 0 saturated carbocycles. The van der Waals surface area contributed by atoms with Gasteiger partial charge in [-0.15, -0.1) is 0 Å². The average molecular weight is 363 g/mol.